The number of thioether (sulfide) groups is 1. The second-order valence-electron chi connectivity index (χ2n) is 3.94. The van der Waals surface area contributed by atoms with Gasteiger partial charge in [-0.1, -0.05) is 23.8 Å². The molecule has 0 radical (unpaired) electrons. The first-order valence-corrected chi connectivity index (χ1v) is 6.47. The molecule has 0 amide bonds. The first-order valence-electron chi connectivity index (χ1n) is 5.49. The molecule has 3 heteroatoms. The minimum Gasteiger partial charge on any atom is -0.481 e. The molecule has 1 N–H and O–H groups in total. The van der Waals surface area contributed by atoms with Crippen molar-refractivity contribution in [1.82, 2.24) is 0 Å². The SMILES string of the molecule is CC1=CCC(SCCCC(=O)O)=C(C)C=C1. The fourth-order valence-corrected chi connectivity index (χ4v) is 2.46. The van der Waals surface area contributed by atoms with Crippen LogP contribution in [0.3, 0.4) is 0 Å². The summed E-state index contributed by atoms with van der Waals surface area (Å²) in [7, 11) is 0. The molecule has 0 fully saturated rings. The van der Waals surface area contributed by atoms with Gasteiger partial charge in [-0.25, -0.2) is 0 Å². The van der Waals surface area contributed by atoms with Crippen LogP contribution in [0.1, 0.15) is 33.1 Å². The summed E-state index contributed by atoms with van der Waals surface area (Å²) in [5, 5.41) is 8.54. The van der Waals surface area contributed by atoms with Crippen LogP contribution in [-0.4, -0.2) is 16.8 Å². The Morgan fingerprint density at radius 2 is 2.19 bits per heavy atom. The van der Waals surface area contributed by atoms with E-state index in [1.54, 1.807) is 11.8 Å². The third kappa shape index (κ3) is 4.71. The summed E-state index contributed by atoms with van der Waals surface area (Å²) in [6.45, 7) is 4.21. The number of hydrogen-bond donors (Lipinski definition) is 1. The van der Waals surface area contributed by atoms with Gasteiger partial charge in [-0.2, -0.15) is 0 Å². The van der Waals surface area contributed by atoms with E-state index in [0.29, 0.717) is 0 Å². The molecule has 1 aliphatic rings. The number of hydrogen-bond acceptors (Lipinski definition) is 2. The van der Waals surface area contributed by atoms with Gasteiger partial charge < -0.3 is 5.11 Å². The van der Waals surface area contributed by atoms with Gasteiger partial charge in [0, 0.05) is 6.42 Å². The third-order valence-electron chi connectivity index (χ3n) is 2.46. The van der Waals surface area contributed by atoms with E-state index in [2.05, 4.69) is 32.1 Å². The Bertz CT molecular complexity index is 351. The molecule has 0 aromatic rings. The molecule has 0 saturated heterocycles. The fourth-order valence-electron chi connectivity index (χ4n) is 1.42. The van der Waals surface area contributed by atoms with Crippen molar-refractivity contribution in [2.75, 3.05) is 5.75 Å². The molecule has 0 saturated carbocycles. The van der Waals surface area contributed by atoms with E-state index in [0.717, 1.165) is 18.6 Å². The second kappa shape index (κ2) is 6.59. The van der Waals surface area contributed by atoms with Gasteiger partial charge in [-0.05, 0) is 42.9 Å². The highest BCUT2D eigenvalue weighted by Crippen LogP contribution is 2.28. The number of allylic oxidation sites excluding steroid dienone is 6. The first-order chi connectivity index (χ1) is 7.59. The van der Waals surface area contributed by atoms with Crippen molar-refractivity contribution >= 4 is 17.7 Å². The molecule has 2 nitrogen and oxygen atoms in total. The third-order valence-corrected chi connectivity index (χ3v) is 3.79. The molecule has 0 aromatic carbocycles. The largest absolute Gasteiger partial charge is 0.481 e. The summed E-state index contributed by atoms with van der Waals surface area (Å²) in [4.78, 5) is 11.7. The van der Waals surface area contributed by atoms with Crippen LogP contribution >= 0.6 is 11.8 Å². The van der Waals surface area contributed by atoms with Gasteiger partial charge in [0.1, 0.15) is 0 Å². The fraction of sp³-hybridized carbons (Fsp3) is 0.462. The van der Waals surface area contributed by atoms with Crippen molar-refractivity contribution < 1.29 is 9.90 Å². The van der Waals surface area contributed by atoms with E-state index in [4.69, 9.17) is 5.11 Å². The predicted octanol–water partition coefficient (Wildman–Crippen LogP) is 3.76. The van der Waals surface area contributed by atoms with Crippen molar-refractivity contribution in [1.29, 1.82) is 0 Å². The van der Waals surface area contributed by atoms with Crippen LogP contribution in [0.25, 0.3) is 0 Å². The van der Waals surface area contributed by atoms with Crippen molar-refractivity contribution in [3.63, 3.8) is 0 Å². The van der Waals surface area contributed by atoms with E-state index >= 15 is 0 Å². The molecule has 1 rings (SSSR count). The van der Waals surface area contributed by atoms with Crippen LogP contribution in [0.5, 0.6) is 0 Å². The van der Waals surface area contributed by atoms with Gasteiger partial charge in [0.05, 0.1) is 0 Å². The van der Waals surface area contributed by atoms with Gasteiger partial charge in [0.25, 0.3) is 0 Å². The lowest BCUT2D eigenvalue weighted by Gasteiger charge is -2.06. The maximum absolute atomic E-state index is 10.4. The molecular weight excluding hydrogens is 220 g/mol. The van der Waals surface area contributed by atoms with E-state index in [-0.39, 0.29) is 6.42 Å². The summed E-state index contributed by atoms with van der Waals surface area (Å²) in [5.41, 5.74) is 2.59. The summed E-state index contributed by atoms with van der Waals surface area (Å²) >= 11 is 1.78. The summed E-state index contributed by atoms with van der Waals surface area (Å²) < 4.78 is 0. The van der Waals surface area contributed by atoms with Gasteiger partial charge in [-0.3, -0.25) is 4.79 Å². The zero-order valence-electron chi connectivity index (χ0n) is 9.82. The van der Waals surface area contributed by atoms with Crippen LogP contribution in [0.4, 0.5) is 0 Å². The number of carboxylic acid groups (broad SMARTS) is 1. The molecule has 0 heterocycles. The molecular formula is C13H18O2S. The maximum atomic E-state index is 10.4. The molecule has 0 aromatic heterocycles. The van der Waals surface area contributed by atoms with E-state index in [1.807, 2.05) is 0 Å². The quantitative estimate of drug-likeness (QED) is 0.741. The number of aliphatic carboxylic acids is 1. The average Bonchev–Trinajstić information content (AvgIpc) is 2.38. The van der Waals surface area contributed by atoms with Crippen molar-refractivity contribution in [3.8, 4) is 0 Å². The van der Waals surface area contributed by atoms with Gasteiger partial charge in [0.15, 0.2) is 0 Å². The highest BCUT2D eigenvalue weighted by molar-refractivity contribution is 8.03. The number of carbonyl (C=O) groups is 1. The monoisotopic (exact) mass is 238 g/mol. The highest BCUT2D eigenvalue weighted by atomic mass is 32.2. The van der Waals surface area contributed by atoms with E-state index in [1.165, 1.54) is 16.1 Å². The Morgan fingerprint density at radius 3 is 2.88 bits per heavy atom. The Kier molecular flexibility index (Phi) is 5.39. The highest BCUT2D eigenvalue weighted by Gasteiger charge is 2.04. The van der Waals surface area contributed by atoms with Gasteiger partial charge in [0.2, 0.25) is 0 Å². The number of rotatable bonds is 5. The molecule has 16 heavy (non-hydrogen) atoms. The first kappa shape index (κ1) is 13.1. The standard InChI is InChI=1S/C13H18O2S/c1-10-5-7-11(2)12(8-6-10)16-9-3-4-13(14)15/h5-7H,3-4,8-9H2,1-2H3,(H,14,15). The van der Waals surface area contributed by atoms with Crippen LogP contribution in [0.15, 0.2) is 34.3 Å². The minimum absolute atomic E-state index is 0.268. The minimum atomic E-state index is -0.706. The normalized spacial score (nSPS) is 16.0. The zero-order valence-corrected chi connectivity index (χ0v) is 10.6. The van der Waals surface area contributed by atoms with E-state index in [9.17, 15) is 4.79 Å². The molecule has 0 bridgehead atoms. The second-order valence-corrected chi connectivity index (χ2v) is 5.13. The molecule has 0 aliphatic heterocycles. The van der Waals surface area contributed by atoms with Crippen LogP contribution in [-0.2, 0) is 4.79 Å². The Balaban J connectivity index is 2.41. The molecule has 0 unspecified atom stereocenters. The smallest absolute Gasteiger partial charge is 0.303 e. The van der Waals surface area contributed by atoms with E-state index < -0.39 is 5.97 Å². The van der Waals surface area contributed by atoms with Crippen LogP contribution in [0.2, 0.25) is 0 Å². The summed E-state index contributed by atoms with van der Waals surface area (Å²) in [5.74, 6) is 0.183. The zero-order chi connectivity index (χ0) is 12.0. The summed E-state index contributed by atoms with van der Waals surface area (Å²) in [6, 6.07) is 0. The lowest BCUT2D eigenvalue weighted by atomic mass is 10.2. The molecule has 88 valence electrons. The molecule has 0 atom stereocenters. The predicted molar refractivity (Wildman–Crippen MR) is 69.5 cm³/mol. The van der Waals surface area contributed by atoms with Crippen LogP contribution in [0, 0.1) is 0 Å². The number of carboxylic acids is 1. The molecule has 0 spiro atoms. The lowest BCUT2D eigenvalue weighted by Crippen LogP contribution is -1.95. The van der Waals surface area contributed by atoms with Gasteiger partial charge in [-0.15, -0.1) is 11.8 Å². The lowest BCUT2D eigenvalue weighted by molar-refractivity contribution is -0.137. The van der Waals surface area contributed by atoms with Crippen molar-refractivity contribution in [2.24, 2.45) is 0 Å². The average molecular weight is 238 g/mol. The van der Waals surface area contributed by atoms with Crippen molar-refractivity contribution in [2.45, 2.75) is 33.1 Å². The Morgan fingerprint density at radius 1 is 1.44 bits per heavy atom. The topological polar surface area (TPSA) is 37.3 Å². The summed E-state index contributed by atoms with van der Waals surface area (Å²) in [6.07, 6.45) is 8.46. The Labute approximate surface area is 101 Å². The van der Waals surface area contributed by atoms with Crippen molar-refractivity contribution in [3.05, 3.63) is 34.3 Å². The molecule has 1 aliphatic carbocycles. The van der Waals surface area contributed by atoms with Crippen LogP contribution < -0.4 is 0 Å². The maximum Gasteiger partial charge on any atom is 0.303 e. The van der Waals surface area contributed by atoms with Gasteiger partial charge >= 0.3 is 5.97 Å². The Hall–Kier alpha value is -0.960.